The van der Waals surface area contributed by atoms with Crippen LogP contribution in [0.1, 0.15) is 17.0 Å². The van der Waals surface area contributed by atoms with Crippen molar-refractivity contribution >= 4 is 6.08 Å². The van der Waals surface area contributed by atoms with Crippen molar-refractivity contribution in [2.75, 3.05) is 27.4 Å². The van der Waals surface area contributed by atoms with Crippen molar-refractivity contribution in [2.24, 2.45) is 0 Å². The summed E-state index contributed by atoms with van der Waals surface area (Å²) in [6.45, 7) is 1.34. The quantitative estimate of drug-likeness (QED) is 0.820. The van der Waals surface area contributed by atoms with E-state index in [9.17, 15) is 0 Å². The van der Waals surface area contributed by atoms with Gasteiger partial charge in [0.2, 0.25) is 0 Å². The van der Waals surface area contributed by atoms with Gasteiger partial charge in [-0.05, 0) is 27.8 Å². The molecule has 108 valence electrons. The maximum Gasteiger partial charge on any atom is 0.0683 e. The van der Waals surface area contributed by atoms with Crippen LogP contribution in [0.15, 0.2) is 54.1 Å². The molecule has 2 nitrogen and oxygen atoms in total. The number of benzene rings is 2. The van der Waals surface area contributed by atoms with E-state index in [1.54, 1.807) is 14.2 Å². The van der Waals surface area contributed by atoms with E-state index in [0.717, 1.165) is 0 Å². The SMILES string of the molecule is COCC1=Cc2c(-c3ccccc3)cccc2C1COC. The Labute approximate surface area is 126 Å². The first kappa shape index (κ1) is 14.1. The van der Waals surface area contributed by atoms with Crippen molar-refractivity contribution in [1.29, 1.82) is 0 Å². The molecule has 3 rings (SSSR count). The Balaban J connectivity index is 2.08. The van der Waals surface area contributed by atoms with Gasteiger partial charge in [-0.2, -0.15) is 0 Å². The average molecular weight is 280 g/mol. The highest BCUT2D eigenvalue weighted by Gasteiger charge is 2.26. The van der Waals surface area contributed by atoms with Gasteiger partial charge in [-0.15, -0.1) is 0 Å². The van der Waals surface area contributed by atoms with Crippen molar-refractivity contribution in [1.82, 2.24) is 0 Å². The lowest BCUT2D eigenvalue weighted by Gasteiger charge is -2.16. The zero-order chi connectivity index (χ0) is 14.7. The van der Waals surface area contributed by atoms with E-state index in [4.69, 9.17) is 9.47 Å². The van der Waals surface area contributed by atoms with Gasteiger partial charge in [0.15, 0.2) is 0 Å². The third kappa shape index (κ3) is 2.65. The van der Waals surface area contributed by atoms with Gasteiger partial charge in [-0.1, -0.05) is 54.6 Å². The Hall–Kier alpha value is -1.90. The second-order valence-electron chi connectivity index (χ2n) is 5.33. The van der Waals surface area contributed by atoms with Crippen LogP contribution in [-0.2, 0) is 9.47 Å². The van der Waals surface area contributed by atoms with Gasteiger partial charge in [0.1, 0.15) is 0 Å². The fourth-order valence-corrected chi connectivity index (χ4v) is 3.08. The van der Waals surface area contributed by atoms with E-state index in [1.807, 2.05) is 6.07 Å². The van der Waals surface area contributed by atoms with Crippen molar-refractivity contribution < 1.29 is 9.47 Å². The molecule has 1 aliphatic carbocycles. The van der Waals surface area contributed by atoms with Crippen LogP contribution in [0.2, 0.25) is 0 Å². The molecular formula is C19H20O2. The summed E-state index contributed by atoms with van der Waals surface area (Å²) in [6.07, 6.45) is 2.27. The number of rotatable bonds is 5. The van der Waals surface area contributed by atoms with Crippen LogP contribution in [0.3, 0.4) is 0 Å². The fraction of sp³-hybridized carbons (Fsp3) is 0.263. The lowest BCUT2D eigenvalue weighted by atomic mass is 9.93. The minimum Gasteiger partial charge on any atom is -0.384 e. The topological polar surface area (TPSA) is 18.5 Å². The van der Waals surface area contributed by atoms with Gasteiger partial charge in [-0.3, -0.25) is 0 Å². The third-order valence-electron chi connectivity index (χ3n) is 4.02. The van der Waals surface area contributed by atoms with Crippen LogP contribution in [-0.4, -0.2) is 27.4 Å². The molecule has 0 aliphatic heterocycles. The summed E-state index contributed by atoms with van der Waals surface area (Å²) in [7, 11) is 3.50. The molecule has 2 heteroatoms. The van der Waals surface area contributed by atoms with Gasteiger partial charge in [-0.25, -0.2) is 0 Å². The highest BCUT2D eigenvalue weighted by atomic mass is 16.5. The molecule has 0 aromatic heterocycles. The Bertz CT molecular complexity index is 644. The van der Waals surface area contributed by atoms with Crippen molar-refractivity contribution in [3.63, 3.8) is 0 Å². The van der Waals surface area contributed by atoms with Gasteiger partial charge in [0, 0.05) is 20.1 Å². The third-order valence-corrected chi connectivity index (χ3v) is 4.02. The van der Waals surface area contributed by atoms with Crippen molar-refractivity contribution in [2.45, 2.75) is 5.92 Å². The zero-order valence-corrected chi connectivity index (χ0v) is 12.5. The van der Waals surface area contributed by atoms with Crippen LogP contribution < -0.4 is 0 Å². The smallest absolute Gasteiger partial charge is 0.0683 e. The molecule has 0 heterocycles. The molecule has 0 fully saturated rings. The number of fused-ring (bicyclic) bond motifs is 1. The predicted molar refractivity (Wildman–Crippen MR) is 86.3 cm³/mol. The number of ether oxygens (including phenoxy) is 2. The van der Waals surface area contributed by atoms with Crippen LogP contribution >= 0.6 is 0 Å². The lowest BCUT2D eigenvalue weighted by molar-refractivity contribution is 0.174. The molecule has 2 aromatic rings. The van der Waals surface area contributed by atoms with Gasteiger partial charge >= 0.3 is 0 Å². The van der Waals surface area contributed by atoms with E-state index >= 15 is 0 Å². The largest absolute Gasteiger partial charge is 0.384 e. The Morgan fingerprint density at radius 1 is 0.905 bits per heavy atom. The van der Waals surface area contributed by atoms with Crippen molar-refractivity contribution in [3.05, 3.63) is 65.2 Å². The summed E-state index contributed by atoms with van der Waals surface area (Å²) in [6, 6.07) is 17.0. The first-order chi connectivity index (χ1) is 10.3. The molecule has 1 aliphatic rings. The molecule has 21 heavy (non-hydrogen) atoms. The summed E-state index contributed by atoms with van der Waals surface area (Å²) >= 11 is 0. The summed E-state index contributed by atoms with van der Waals surface area (Å²) in [5.41, 5.74) is 6.46. The first-order valence-corrected chi connectivity index (χ1v) is 7.22. The number of hydrogen-bond acceptors (Lipinski definition) is 2. The lowest BCUT2D eigenvalue weighted by Crippen LogP contribution is -2.09. The molecule has 0 amide bonds. The van der Waals surface area contributed by atoms with Crippen LogP contribution in [0.5, 0.6) is 0 Å². The van der Waals surface area contributed by atoms with E-state index < -0.39 is 0 Å². The average Bonchev–Trinajstić information content (AvgIpc) is 2.87. The Morgan fingerprint density at radius 3 is 2.43 bits per heavy atom. The van der Waals surface area contributed by atoms with Crippen LogP contribution in [0, 0.1) is 0 Å². The standard InChI is InChI=1S/C19H20O2/c1-20-12-15-11-18-16(14-7-4-3-5-8-14)9-6-10-17(18)19(15)13-21-2/h3-11,19H,12-13H2,1-2H3. The second kappa shape index (κ2) is 6.25. The number of hydrogen-bond donors (Lipinski definition) is 0. The zero-order valence-electron chi connectivity index (χ0n) is 12.5. The molecule has 0 radical (unpaired) electrons. The van der Waals surface area contributed by atoms with E-state index in [2.05, 4.69) is 48.5 Å². The highest BCUT2D eigenvalue weighted by Crippen LogP contribution is 2.41. The normalized spacial score (nSPS) is 16.7. The molecule has 1 atom stereocenters. The first-order valence-electron chi connectivity index (χ1n) is 7.22. The van der Waals surface area contributed by atoms with Gasteiger partial charge in [0.25, 0.3) is 0 Å². The minimum absolute atomic E-state index is 0.300. The Kier molecular flexibility index (Phi) is 4.18. The van der Waals surface area contributed by atoms with Crippen molar-refractivity contribution in [3.8, 4) is 11.1 Å². The maximum absolute atomic E-state index is 5.41. The fourth-order valence-electron chi connectivity index (χ4n) is 3.08. The highest BCUT2D eigenvalue weighted by molar-refractivity contribution is 5.82. The van der Waals surface area contributed by atoms with Gasteiger partial charge < -0.3 is 9.47 Å². The maximum atomic E-state index is 5.41. The van der Waals surface area contributed by atoms with E-state index in [-0.39, 0.29) is 0 Å². The molecule has 0 saturated carbocycles. The molecule has 2 aromatic carbocycles. The molecule has 0 saturated heterocycles. The monoisotopic (exact) mass is 280 g/mol. The summed E-state index contributed by atoms with van der Waals surface area (Å²) < 4.78 is 10.8. The minimum atomic E-state index is 0.300. The summed E-state index contributed by atoms with van der Waals surface area (Å²) in [5, 5.41) is 0. The van der Waals surface area contributed by atoms with Gasteiger partial charge in [0.05, 0.1) is 13.2 Å². The second-order valence-corrected chi connectivity index (χ2v) is 5.33. The summed E-state index contributed by atoms with van der Waals surface area (Å²) in [4.78, 5) is 0. The van der Waals surface area contributed by atoms with Crippen LogP contribution in [0.25, 0.3) is 17.2 Å². The van der Waals surface area contributed by atoms with E-state index in [1.165, 1.54) is 27.8 Å². The van der Waals surface area contributed by atoms with Crippen LogP contribution in [0.4, 0.5) is 0 Å². The Morgan fingerprint density at radius 2 is 1.71 bits per heavy atom. The predicted octanol–water partition coefficient (Wildman–Crippen LogP) is 4.13. The van der Waals surface area contributed by atoms with E-state index in [0.29, 0.717) is 19.1 Å². The molecule has 0 spiro atoms. The summed E-state index contributed by atoms with van der Waals surface area (Å²) in [5.74, 6) is 0.300. The molecule has 1 unspecified atom stereocenters. The molecule has 0 bridgehead atoms. The number of methoxy groups -OCH3 is 2. The molecular weight excluding hydrogens is 260 g/mol. The molecule has 0 N–H and O–H groups in total.